The van der Waals surface area contributed by atoms with Gasteiger partial charge in [0.1, 0.15) is 12.4 Å². The second kappa shape index (κ2) is 7.76. The van der Waals surface area contributed by atoms with Crippen LogP contribution in [0, 0.1) is 12.7 Å². The number of fused-ring (bicyclic) bond motifs is 1. The normalized spacial score (nSPS) is 11.2. The maximum atomic E-state index is 13.2. The monoisotopic (exact) mass is 425 g/mol. The molecule has 2 aromatic heterocycles. The molecule has 0 fully saturated rings. The Labute approximate surface area is 175 Å². The molecule has 0 aliphatic carbocycles. The molecule has 4 rings (SSSR count). The summed E-state index contributed by atoms with van der Waals surface area (Å²) in [6, 6.07) is 14.1. The highest BCUT2D eigenvalue weighted by Crippen LogP contribution is 2.35. The van der Waals surface area contributed by atoms with Gasteiger partial charge in [-0.15, -0.1) is 0 Å². The van der Waals surface area contributed by atoms with Gasteiger partial charge >= 0.3 is 5.97 Å². The van der Waals surface area contributed by atoms with E-state index in [1.54, 1.807) is 41.0 Å². The maximum Gasteiger partial charge on any atom is 0.323 e. The van der Waals surface area contributed by atoms with E-state index < -0.39 is 5.97 Å². The van der Waals surface area contributed by atoms with Crippen molar-refractivity contribution in [2.75, 3.05) is 0 Å². The van der Waals surface area contributed by atoms with Crippen LogP contribution in [0.3, 0.4) is 0 Å². The quantitative estimate of drug-likeness (QED) is 0.522. The molecule has 0 bridgehead atoms. The zero-order valence-electron chi connectivity index (χ0n) is 16.0. The van der Waals surface area contributed by atoms with E-state index in [9.17, 15) is 19.1 Å². The second-order valence-electron chi connectivity index (χ2n) is 6.94. The predicted octanol–water partition coefficient (Wildman–Crippen LogP) is 4.10. The molecule has 0 spiro atoms. The fraction of sp³-hybridized carbons (Fsp3) is 0.136. The van der Waals surface area contributed by atoms with Crippen LogP contribution in [-0.4, -0.2) is 25.4 Å². The first-order valence-electron chi connectivity index (χ1n) is 9.16. The Bertz CT molecular complexity index is 1330. The van der Waals surface area contributed by atoms with E-state index in [2.05, 4.69) is 5.10 Å². The summed E-state index contributed by atoms with van der Waals surface area (Å²) in [7, 11) is 0. The van der Waals surface area contributed by atoms with Crippen molar-refractivity contribution in [2.45, 2.75) is 20.0 Å². The highest BCUT2D eigenvalue weighted by Gasteiger charge is 2.19. The topological polar surface area (TPSA) is 77.1 Å². The average molecular weight is 426 g/mol. The second-order valence-corrected chi connectivity index (χ2v) is 7.38. The molecule has 0 saturated carbocycles. The molecular formula is C22H17ClFN3O3. The van der Waals surface area contributed by atoms with Gasteiger partial charge in [0.2, 0.25) is 0 Å². The van der Waals surface area contributed by atoms with E-state index in [-0.39, 0.29) is 24.5 Å². The fourth-order valence-corrected chi connectivity index (χ4v) is 3.75. The van der Waals surface area contributed by atoms with Crippen LogP contribution in [-0.2, 0) is 17.9 Å². The maximum absolute atomic E-state index is 13.2. The molecule has 2 aromatic carbocycles. The third-order valence-electron chi connectivity index (χ3n) is 4.95. The number of benzene rings is 2. The number of carbonyl (C=O) groups is 1. The molecule has 0 aliphatic rings. The van der Waals surface area contributed by atoms with E-state index in [1.807, 2.05) is 6.92 Å². The Hall–Kier alpha value is -3.45. The smallest absolute Gasteiger partial charge is 0.323 e. The van der Waals surface area contributed by atoms with Crippen molar-refractivity contribution in [3.05, 3.63) is 87.0 Å². The van der Waals surface area contributed by atoms with Gasteiger partial charge in [-0.2, -0.15) is 5.10 Å². The van der Waals surface area contributed by atoms with Gasteiger partial charge in [-0.25, -0.2) is 9.07 Å². The van der Waals surface area contributed by atoms with Crippen LogP contribution in [0.25, 0.3) is 22.2 Å². The lowest BCUT2D eigenvalue weighted by atomic mass is 10.1. The molecular weight excluding hydrogens is 409 g/mol. The van der Waals surface area contributed by atoms with Crippen LogP contribution in [0.2, 0.25) is 5.02 Å². The van der Waals surface area contributed by atoms with Gasteiger partial charge < -0.3 is 9.67 Å². The minimum absolute atomic E-state index is 0.181. The number of carboxylic acid groups (broad SMARTS) is 1. The third kappa shape index (κ3) is 3.71. The number of aromatic nitrogens is 3. The van der Waals surface area contributed by atoms with Crippen LogP contribution in [0.1, 0.15) is 11.3 Å². The summed E-state index contributed by atoms with van der Waals surface area (Å²) >= 11 is 6.19. The SMILES string of the molecule is Cc1c(-c2ccc(=O)n(Cc3ccc(F)cc3)n2)c2cc(Cl)ccc2n1CC(=O)O. The number of aliphatic carboxylic acids is 1. The van der Waals surface area contributed by atoms with Crippen LogP contribution in [0.5, 0.6) is 0 Å². The van der Waals surface area contributed by atoms with Crippen molar-refractivity contribution in [3.8, 4) is 11.3 Å². The lowest BCUT2D eigenvalue weighted by Crippen LogP contribution is -2.23. The van der Waals surface area contributed by atoms with Crippen LogP contribution >= 0.6 is 11.6 Å². The Morgan fingerprint density at radius 3 is 2.57 bits per heavy atom. The van der Waals surface area contributed by atoms with Gasteiger partial charge in [0.05, 0.1) is 12.2 Å². The molecule has 152 valence electrons. The predicted molar refractivity (Wildman–Crippen MR) is 112 cm³/mol. The molecule has 4 aromatic rings. The van der Waals surface area contributed by atoms with Gasteiger partial charge in [-0.05, 0) is 48.9 Å². The number of hydrogen-bond acceptors (Lipinski definition) is 3. The van der Waals surface area contributed by atoms with Crippen molar-refractivity contribution in [3.63, 3.8) is 0 Å². The van der Waals surface area contributed by atoms with Crippen molar-refractivity contribution >= 4 is 28.5 Å². The molecule has 0 atom stereocenters. The zero-order valence-corrected chi connectivity index (χ0v) is 16.7. The Morgan fingerprint density at radius 1 is 1.13 bits per heavy atom. The summed E-state index contributed by atoms with van der Waals surface area (Å²) in [6.45, 7) is 1.78. The largest absolute Gasteiger partial charge is 0.480 e. The van der Waals surface area contributed by atoms with Crippen molar-refractivity contribution < 1.29 is 14.3 Å². The van der Waals surface area contributed by atoms with Gasteiger partial charge in [0.25, 0.3) is 5.56 Å². The first-order valence-corrected chi connectivity index (χ1v) is 9.54. The van der Waals surface area contributed by atoms with Crippen LogP contribution in [0.4, 0.5) is 4.39 Å². The first-order chi connectivity index (χ1) is 14.3. The minimum Gasteiger partial charge on any atom is -0.480 e. The highest BCUT2D eigenvalue weighted by molar-refractivity contribution is 6.31. The summed E-state index contributed by atoms with van der Waals surface area (Å²) in [6.07, 6.45) is 0. The van der Waals surface area contributed by atoms with E-state index >= 15 is 0 Å². The number of hydrogen-bond donors (Lipinski definition) is 1. The van der Waals surface area contributed by atoms with Crippen molar-refractivity contribution in [2.24, 2.45) is 0 Å². The summed E-state index contributed by atoms with van der Waals surface area (Å²) in [4.78, 5) is 23.7. The number of nitrogens with zero attached hydrogens (tertiary/aromatic N) is 3. The molecule has 0 unspecified atom stereocenters. The van der Waals surface area contributed by atoms with Gasteiger partial charge in [0, 0.05) is 33.2 Å². The van der Waals surface area contributed by atoms with Crippen molar-refractivity contribution in [1.29, 1.82) is 0 Å². The molecule has 30 heavy (non-hydrogen) atoms. The lowest BCUT2D eigenvalue weighted by molar-refractivity contribution is -0.137. The molecule has 6 nitrogen and oxygen atoms in total. The molecule has 0 amide bonds. The molecule has 1 N–H and O–H groups in total. The molecule has 0 radical (unpaired) electrons. The fourth-order valence-electron chi connectivity index (χ4n) is 3.58. The number of halogens is 2. The molecule has 2 heterocycles. The van der Waals surface area contributed by atoms with Crippen LogP contribution in [0.15, 0.2) is 59.4 Å². The molecule has 0 aliphatic heterocycles. The number of rotatable bonds is 5. The number of carboxylic acids is 1. The summed E-state index contributed by atoms with van der Waals surface area (Å²) in [5.74, 6) is -1.32. The first kappa shape index (κ1) is 19.8. The lowest BCUT2D eigenvalue weighted by Gasteiger charge is -2.09. The highest BCUT2D eigenvalue weighted by atomic mass is 35.5. The summed E-state index contributed by atoms with van der Waals surface area (Å²) < 4.78 is 16.1. The van der Waals surface area contributed by atoms with E-state index in [1.165, 1.54) is 22.9 Å². The van der Waals surface area contributed by atoms with Gasteiger partial charge in [0.15, 0.2) is 0 Å². The van der Waals surface area contributed by atoms with Gasteiger partial charge in [-0.3, -0.25) is 9.59 Å². The van der Waals surface area contributed by atoms with Crippen LogP contribution < -0.4 is 5.56 Å². The molecule has 0 saturated heterocycles. The molecule has 8 heteroatoms. The Kier molecular flexibility index (Phi) is 5.13. The Morgan fingerprint density at radius 2 is 1.87 bits per heavy atom. The minimum atomic E-state index is -0.967. The Balaban J connectivity index is 1.87. The van der Waals surface area contributed by atoms with E-state index in [0.717, 1.165) is 10.9 Å². The summed E-state index contributed by atoms with van der Waals surface area (Å²) in [5.41, 5.74) is 3.08. The zero-order chi connectivity index (χ0) is 21.4. The third-order valence-corrected chi connectivity index (χ3v) is 5.18. The van der Waals surface area contributed by atoms with E-state index in [0.29, 0.717) is 27.5 Å². The average Bonchev–Trinajstić information content (AvgIpc) is 2.96. The summed E-state index contributed by atoms with van der Waals surface area (Å²) in [5, 5.41) is 15.1. The van der Waals surface area contributed by atoms with Gasteiger partial charge in [-0.1, -0.05) is 23.7 Å². The standard InChI is InChI=1S/C22H17ClFN3O3/c1-13-22(17-10-15(23)4-8-19(17)26(13)12-21(29)30)18-7-9-20(28)27(25-18)11-14-2-5-16(24)6-3-14/h2-10H,11-12H2,1H3,(H,29,30). The van der Waals surface area contributed by atoms with E-state index in [4.69, 9.17) is 11.6 Å². The van der Waals surface area contributed by atoms with Crippen molar-refractivity contribution in [1.82, 2.24) is 14.3 Å².